The number of anilines is 1. The summed E-state index contributed by atoms with van der Waals surface area (Å²) in [4.78, 5) is 26.9. The van der Waals surface area contributed by atoms with E-state index in [0.29, 0.717) is 49.1 Å². The molecule has 4 aromatic rings. The summed E-state index contributed by atoms with van der Waals surface area (Å²) in [6.45, 7) is 2.38. The Morgan fingerprint density at radius 3 is 2.64 bits per heavy atom. The third-order valence-electron chi connectivity index (χ3n) is 5.89. The van der Waals surface area contributed by atoms with E-state index >= 15 is 0 Å². The minimum atomic E-state index is -0.304. The zero-order valence-corrected chi connectivity index (χ0v) is 18.1. The molecular formula is C25H24FN5O2. The smallest absolute Gasteiger partial charge is 0.294 e. The second-order valence-electron chi connectivity index (χ2n) is 8.19. The van der Waals surface area contributed by atoms with E-state index in [-0.39, 0.29) is 17.2 Å². The summed E-state index contributed by atoms with van der Waals surface area (Å²) >= 11 is 0. The summed E-state index contributed by atoms with van der Waals surface area (Å²) in [5, 5.41) is 3.17. The lowest BCUT2D eigenvalue weighted by Crippen LogP contribution is -2.30. The molecule has 0 unspecified atom stereocenters. The first kappa shape index (κ1) is 21.2. The van der Waals surface area contributed by atoms with Crippen LogP contribution in [0, 0.1) is 11.7 Å². The molecule has 1 fully saturated rings. The molecule has 0 amide bonds. The number of halogens is 1. The van der Waals surface area contributed by atoms with Crippen molar-refractivity contribution < 1.29 is 9.13 Å². The van der Waals surface area contributed by atoms with Crippen LogP contribution < -0.4 is 10.9 Å². The summed E-state index contributed by atoms with van der Waals surface area (Å²) in [5.74, 6) is 0.307. The van der Waals surface area contributed by atoms with Gasteiger partial charge in [0.05, 0.1) is 5.69 Å². The van der Waals surface area contributed by atoms with Crippen LogP contribution in [0.2, 0.25) is 0 Å². The van der Waals surface area contributed by atoms with Crippen LogP contribution in [0.5, 0.6) is 0 Å². The Morgan fingerprint density at radius 1 is 1.06 bits per heavy atom. The number of hydrogen-bond acceptors (Lipinski definition) is 6. The van der Waals surface area contributed by atoms with Crippen LogP contribution in [0.25, 0.3) is 22.4 Å². The average molecular weight is 445 g/mol. The average Bonchev–Trinajstić information content (AvgIpc) is 2.86. The molecule has 1 N–H and O–H groups in total. The number of nitrogens with one attached hydrogen (secondary N) is 1. The van der Waals surface area contributed by atoms with Crippen molar-refractivity contribution >= 4 is 17.0 Å². The molecule has 3 aromatic heterocycles. The van der Waals surface area contributed by atoms with E-state index in [1.165, 1.54) is 12.1 Å². The first-order valence-corrected chi connectivity index (χ1v) is 11.1. The highest BCUT2D eigenvalue weighted by Crippen LogP contribution is 2.23. The molecule has 1 aromatic carbocycles. The van der Waals surface area contributed by atoms with Gasteiger partial charge in [0.15, 0.2) is 11.5 Å². The van der Waals surface area contributed by atoms with Gasteiger partial charge in [-0.1, -0.05) is 6.07 Å². The lowest BCUT2D eigenvalue weighted by Gasteiger charge is -2.23. The quantitative estimate of drug-likeness (QED) is 0.483. The highest BCUT2D eigenvalue weighted by molar-refractivity contribution is 5.76. The van der Waals surface area contributed by atoms with Crippen LogP contribution in [0.1, 0.15) is 18.4 Å². The number of ether oxygens (including phenoxy) is 1. The van der Waals surface area contributed by atoms with Gasteiger partial charge in [-0.2, -0.15) is 0 Å². The predicted molar refractivity (Wildman–Crippen MR) is 124 cm³/mol. The van der Waals surface area contributed by atoms with E-state index < -0.39 is 0 Å². The van der Waals surface area contributed by atoms with Gasteiger partial charge in [0.25, 0.3) is 5.56 Å². The summed E-state index contributed by atoms with van der Waals surface area (Å²) < 4.78 is 20.6. The Hall–Kier alpha value is -3.65. The molecule has 1 saturated heterocycles. The number of hydrogen-bond donors (Lipinski definition) is 1. The van der Waals surface area contributed by atoms with Gasteiger partial charge in [0.1, 0.15) is 11.3 Å². The van der Waals surface area contributed by atoms with E-state index in [1.807, 2.05) is 24.3 Å². The normalized spacial score (nSPS) is 14.5. The molecule has 168 valence electrons. The van der Waals surface area contributed by atoms with Gasteiger partial charge >= 0.3 is 0 Å². The first-order chi connectivity index (χ1) is 16.2. The zero-order chi connectivity index (χ0) is 22.6. The van der Waals surface area contributed by atoms with Gasteiger partial charge in [-0.25, -0.2) is 14.4 Å². The third-order valence-corrected chi connectivity index (χ3v) is 5.89. The molecule has 0 bridgehead atoms. The molecule has 0 aliphatic carbocycles. The Labute approximate surface area is 190 Å². The second-order valence-corrected chi connectivity index (χ2v) is 8.19. The van der Waals surface area contributed by atoms with E-state index in [9.17, 15) is 9.18 Å². The third kappa shape index (κ3) is 4.75. The lowest BCUT2D eigenvalue weighted by molar-refractivity contribution is 0.0613. The maximum atomic E-state index is 13.5. The Balaban J connectivity index is 1.56. The van der Waals surface area contributed by atoms with E-state index in [4.69, 9.17) is 9.72 Å². The van der Waals surface area contributed by atoms with Crippen molar-refractivity contribution in [3.63, 3.8) is 0 Å². The highest BCUT2D eigenvalue weighted by atomic mass is 19.1. The standard InChI is InChI=1S/C25H24FN5O2/c26-20-5-3-19(4-6-20)21-7-8-22-24(30-21)31(16-17-9-12-33-13-10-17)25(32)23(29-22)28-15-18-2-1-11-27-14-18/h1-8,11,14,17H,9-10,12-13,15-16H2,(H,28,29). The van der Waals surface area contributed by atoms with E-state index in [1.54, 1.807) is 29.1 Å². The van der Waals surface area contributed by atoms with Crippen LogP contribution in [0.4, 0.5) is 10.2 Å². The first-order valence-electron chi connectivity index (χ1n) is 11.1. The van der Waals surface area contributed by atoms with Gasteiger partial charge in [-0.15, -0.1) is 0 Å². The van der Waals surface area contributed by atoms with Crippen LogP contribution in [0.3, 0.4) is 0 Å². The fraction of sp³-hybridized carbons (Fsp3) is 0.280. The van der Waals surface area contributed by atoms with E-state index in [2.05, 4.69) is 15.3 Å². The van der Waals surface area contributed by atoms with Gasteiger partial charge in [-0.05, 0) is 66.8 Å². The van der Waals surface area contributed by atoms with Crippen molar-refractivity contribution in [1.82, 2.24) is 19.5 Å². The Bertz CT molecular complexity index is 1300. The Kier molecular flexibility index (Phi) is 6.08. The topological polar surface area (TPSA) is 81.9 Å². The number of benzene rings is 1. The van der Waals surface area contributed by atoms with E-state index in [0.717, 1.165) is 24.0 Å². The molecule has 0 radical (unpaired) electrons. The van der Waals surface area contributed by atoms with Crippen molar-refractivity contribution in [1.29, 1.82) is 0 Å². The molecule has 5 rings (SSSR count). The molecule has 1 aliphatic rings. The lowest BCUT2D eigenvalue weighted by atomic mass is 10.0. The number of rotatable bonds is 6. The van der Waals surface area contributed by atoms with Gasteiger partial charge in [0, 0.05) is 44.3 Å². The maximum absolute atomic E-state index is 13.5. The minimum absolute atomic E-state index is 0.207. The molecule has 7 nitrogen and oxygen atoms in total. The van der Waals surface area contributed by atoms with Crippen LogP contribution >= 0.6 is 0 Å². The monoisotopic (exact) mass is 445 g/mol. The van der Waals surface area contributed by atoms with Gasteiger partial charge < -0.3 is 10.1 Å². The van der Waals surface area contributed by atoms with Crippen molar-refractivity contribution in [2.24, 2.45) is 5.92 Å². The molecule has 4 heterocycles. The largest absolute Gasteiger partial charge is 0.381 e. The maximum Gasteiger partial charge on any atom is 0.294 e. The van der Waals surface area contributed by atoms with Crippen LogP contribution in [0.15, 0.2) is 65.7 Å². The molecule has 1 aliphatic heterocycles. The Morgan fingerprint density at radius 2 is 1.88 bits per heavy atom. The van der Waals surface area contributed by atoms with Crippen molar-refractivity contribution in [3.05, 3.63) is 82.7 Å². The summed E-state index contributed by atoms with van der Waals surface area (Å²) in [7, 11) is 0. The number of fused-ring (bicyclic) bond motifs is 1. The predicted octanol–water partition coefficient (Wildman–Crippen LogP) is 4.03. The van der Waals surface area contributed by atoms with Crippen molar-refractivity contribution in [3.8, 4) is 11.3 Å². The molecule has 8 heteroatoms. The number of aromatic nitrogens is 4. The molecule has 0 spiro atoms. The van der Waals surface area contributed by atoms with Crippen LogP contribution in [-0.2, 0) is 17.8 Å². The summed E-state index contributed by atoms with van der Waals surface area (Å²) in [6, 6.07) is 13.7. The fourth-order valence-corrected chi connectivity index (χ4v) is 4.06. The van der Waals surface area contributed by atoms with Gasteiger partial charge in [0.2, 0.25) is 0 Å². The van der Waals surface area contributed by atoms with Gasteiger partial charge in [-0.3, -0.25) is 14.3 Å². The molecule has 0 saturated carbocycles. The fourth-order valence-electron chi connectivity index (χ4n) is 4.06. The molecule has 0 atom stereocenters. The molecule has 33 heavy (non-hydrogen) atoms. The minimum Gasteiger partial charge on any atom is -0.381 e. The zero-order valence-electron chi connectivity index (χ0n) is 18.1. The summed E-state index contributed by atoms with van der Waals surface area (Å²) in [6.07, 6.45) is 5.26. The number of nitrogens with zero attached hydrogens (tertiary/aromatic N) is 4. The van der Waals surface area contributed by atoms with Crippen molar-refractivity contribution in [2.75, 3.05) is 18.5 Å². The SMILES string of the molecule is O=c1c(NCc2cccnc2)nc2ccc(-c3ccc(F)cc3)nc2n1CC1CCOCC1. The van der Waals surface area contributed by atoms with Crippen LogP contribution in [-0.4, -0.2) is 32.7 Å². The highest BCUT2D eigenvalue weighted by Gasteiger charge is 2.19. The molecular weight excluding hydrogens is 421 g/mol. The number of pyridine rings is 2. The van der Waals surface area contributed by atoms with Crippen molar-refractivity contribution in [2.45, 2.75) is 25.9 Å². The second kappa shape index (κ2) is 9.46. The summed E-state index contributed by atoms with van der Waals surface area (Å²) in [5.41, 5.74) is 3.35.